The van der Waals surface area contributed by atoms with Gasteiger partial charge in [0.2, 0.25) is 5.56 Å². The van der Waals surface area contributed by atoms with Crippen LogP contribution in [0.4, 0.5) is 4.39 Å². The zero-order valence-corrected chi connectivity index (χ0v) is 18.8. The second-order valence-electron chi connectivity index (χ2n) is 7.99. The number of nitrogens with one attached hydrogen (secondary N) is 1. The van der Waals surface area contributed by atoms with E-state index in [1.54, 1.807) is 6.92 Å². The quantitative estimate of drug-likeness (QED) is 0.524. The fourth-order valence-corrected chi connectivity index (χ4v) is 3.94. The Morgan fingerprint density at radius 3 is 2.48 bits per heavy atom. The van der Waals surface area contributed by atoms with Crippen molar-refractivity contribution in [2.24, 2.45) is 16.8 Å². The van der Waals surface area contributed by atoms with Gasteiger partial charge in [0.15, 0.2) is 5.60 Å². The number of rotatable bonds is 8. The van der Waals surface area contributed by atoms with Gasteiger partial charge in [0, 0.05) is 23.2 Å². The van der Waals surface area contributed by atoms with Gasteiger partial charge in [0.05, 0.1) is 11.4 Å². The number of aromatic nitrogens is 1. The van der Waals surface area contributed by atoms with Crippen LogP contribution in [0.2, 0.25) is 0 Å². The number of hydrogen-bond donors (Lipinski definition) is 3. The summed E-state index contributed by atoms with van der Waals surface area (Å²) < 4.78 is 14.5. The van der Waals surface area contributed by atoms with Crippen molar-refractivity contribution >= 4 is 11.7 Å². The molecule has 0 saturated heterocycles. The number of aliphatic carboxylic acids is 1. The van der Waals surface area contributed by atoms with Crippen LogP contribution in [-0.4, -0.2) is 26.9 Å². The molecule has 0 aromatic carbocycles. The average Bonchev–Trinajstić information content (AvgIpc) is 2.73. The summed E-state index contributed by atoms with van der Waals surface area (Å²) in [5, 5.41) is 20.1. The molecule has 168 valence electrons. The van der Waals surface area contributed by atoms with Gasteiger partial charge < -0.3 is 15.2 Å². The van der Waals surface area contributed by atoms with Gasteiger partial charge in [0.25, 0.3) is 0 Å². The zero-order chi connectivity index (χ0) is 23.5. The van der Waals surface area contributed by atoms with E-state index in [0.717, 1.165) is 12.5 Å². The molecule has 1 aliphatic carbocycles. The van der Waals surface area contributed by atoms with Gasteiger partial charge in [-0.05, 0) is 55.4 Å². The zero-order valence-electron chi connectivity index (χ0n) is 18.8. The fourth-order valence-electron chi connectivity index (χ4n) is 3.94. The van der Waals surface area contributed by atoms with Crippen molar-refractivity contribution in [3.05, 3.63) is 69.1 Å². The van der Waals surface area contributed by atoms with E-state index in [2.05, 4.69) is 16.6 Å². The number of nitrogens with zero attached hydrogens (tertiary/aromatic N) is 1. The second kappa shape index (κ2) is 9.56. The first-order chi connectivity index (χ1) is 14.5. The smallest absolute Gasteiger partial charge is 0.340 e. The highest BCUT2D eigenvalue weighted by Gasteiger charge is 2.37. The molecule has 0 spiro atoms. The lowest BCUT2D eigenvalue weighted by atomic mass is 9.79. The van der Waals surface area contributed by atoms with E-state index in [-0.39, 0.29) is 35.3 Å². The topological polar surface area (TPSA) is 103 Å². The predicted octanol–water partition coefficient (Wildman–Crippen LogP) is 4.62. The minimum absolute atomic E-state index is 0.00229. The van der Waals surface area contributed by atoms with Crippen LogP contribution >= 0.6 is 0 Å². The van der Waals surface area contributed by atoms with Gasteiger partial charge in [-0.2, -0.15) is 0 Å². The molecule has 3 N–H and O–H groups in total. The number of H-pyrrole nitrogens is 1. The number of aromatic amines is 1. The van der Waals surface area contributed by atoms with Crippen LogP contribution in [0.5, 0.6) is 0 Å². The predicted molar refractivity (Wildman–Crippen MR) is 120 cm³/mol. The number of halogens is 1. The Kier molecular flexibility index (Phi) is 7.54. The van der Waals surface area contributed by atoms with Crippen molar-refractivity contribution in [2.75, 3.05) is 0 Å². The number of hydrogen-bond acceptors (Lipinski definition) is 4. The number of allylic oxidation sites excluding steroid dienone is 5. The molecule has 1 aromatic heterocycles. The average molecular weight is 431 g/mol. The summed E-state index contributed by atoms with van der Waals surface area (Å²) in [6.45, 7) is 13.2. The first kappa shape index (κ1) is 24.5. The normalized spacial score (nSPS) is 21.5. The van der Waals surface area contributed by atoms with Crippen molar-refractivity contribution in [3.63, 3.8) is 0 Å². The molecule has 2 rings (SSSR count). The number of carboxylic acids is 1. The molecule has 0 bridgehead atoms. The Balaban J connectivity index is 2.72. The lowest BCUT2D eigenvalue weighted by molar-refractivity contribution is -0.160. The second-order valence-corrected chi connectivity index (χ2v) is 7.99. The molecule has 0 amide bonds. The van der Waals surface area contributed by atoms with Crippen molar-refractivity contribution in [3.8, 4) is 0 Å². The number of aliphatic imine (C=N–C) groups is 1. The van der Waals surface area contributed by atoms with Gasteiger partial charge in [-0.1, -0.05) is 34.3 Å². The van der Waals surface area contributed by atoms with Crippen molar-refractivity contribution < 1.29 is 19.4 Å². The molecule has 0 saturated carbocycles. The Labute approximate surface area is 181 Å². The molecular formula is C24H31FN2O4. The summed E-state index contributed by atoms with van der Waals surface area (Å²) in [4.78, 5) is 31.3. The summed E-state index contributed by atoms with van der Waals surface area (Å²) in [6.07, 6.45) is 2.54. The van der Waals surface area contributed by atoms with Gasteiger partial charge in [-0.25, -0.2) is 9.18 Å². The Hall–Kier alpha value is -2.80. The Morgan fingerprint density at radius 2 is 1.97 bits per heavy atom. The molecule has 0 radical (unpaired) electrons. The van der Waals surface area contributed by atoms with Gasteiger partial charge in [-0.3, -0.25) is 9.79 Å². The molecule has 0 aliphatic heterocycles. The van der Waals surface area contributed by atoms with Crippen LogP contribution < -0.4 is 5.56 Å². The number of carboxylic acid groups (broad SMARTS) is 1. The lowest BCUT2D eigenvalue weighted by Crippen LogP contribution is -2.36. The maximum atomic E-state index is 14.5. The van der Waals surface area contributed by atoms with E-state index >= 15 is 0 Å². The summed E-state index contributed by atoms with van der Waals surface area (Å²) in [5.74, 6) is -1.82. The molecular weight excluding hydrogens is 399 g/mol. The molecule has 0 fully saturated rings. The van der Waals surface area contributed by atoms with E-state index in [1.807, 2.05) is 20.8 Å². The minimum atomic E-state index is -2.21. The van der Waals surface area contributed by atoms with Gasteiger partial charge in [0.1, 0.15) is 5.83 Å². The molecule has 3 atom stereocenters. The molecule has 7 heteroatoms. The lowest BCUT2D eigenvalue weighted by Gasteiger charge is -2.28. The van der Waals surface area contributed by atoms with Crippen LogP contribution in [0.15, 0.2) is 57.2 Å². The third-order valence-corrected chi connectivity index (χ3v) is 6.16. The summed E-state index contributed by atoms with van der Waals surface area (Å²) in [7, 11) is 0. The van der Waals surface area contributed by atoms with E-state index in [9.17, 15) is 24.2 Å². The number of carbonyl (C=O) groups is 1. The summed E-state index contributed by atoms with van der Waals surface area (Å²) in [5.41, 5.74) is -0.451. The largest absolute Gasteiger partial charge is 0.479 e. The Bertz CT molecular complexity index is 1030. The van der Waals surface area contributed by atoms with E-state index in [0.29, 0.717) is 29.0 Å². The van der Waals surface area contributed by atoms with E-state index in [1.165, 1.54) is 19.1 Å². The van der Waals surface area contributed by atoms with Crippen LogP contribution in [0.25, 0.3) is 0 Å². The number of aliphatic hydroxyl groups is 1. The van der Waals surface area contributed by atoms with Crippen LogP contribution in [-0.2, 0) is 10.4 Å². The molecule has 31 heavy (non-hydrogen) atoms. The highest BCUT2D eigenvalue weighted by Crippen LogP contribution is 2.38. The molecule has 2 unspecified atom stereocenters. The van der Waals surface area contributed by atoms with Crippen molar-refractivity contribution in [1.82, 2.24) is 4.98 Å². The highest BCUT2D eigenvalue weighted by molar-refractivity contribution is 6.11. The third kappa shape index (κ3) is 4.77. The SMILES string of the molecule is C=C(CC)/C(=N\C1=CC(F)=C(C)C(CC)C1C)c1cc([C@@](O)(CC)C(=O)O)cc(=O)[nH]1. The van der Waals surface area contributed by atoms with Crippen molar-refractivity contribution in [2.45, 2.75) is 59.5 Å². The molecule has 1 heterocycles. The van der Waals surface area contributed by atoms with E-state index in [4.69, 9.17) is 0 Å². The third-order valence-electron chi connectivity index (χ3n) is 6.16. The maximum absolute atomic E-state index is 14.5. The number of pyridine rings is 1. The van der Waals surface area contributed by atoms with Crippen LogP contribution in [0.3, 0.4) is 0 Å². The fraction of sp³-hybridized carbons (Fsp3) is 0.458. The standard InChI is InChI=1S/C24H31FN2O4/c1-7-13(4)22(27-19-12-18(25)14(5)17(8-2)15(19)6)20-10-16(11-21(28)26-20)24(31,9-3)23(29)30/h10-12,15,17,31H,4,7-9H2,1-3,5-6H3,(H,26,28)(H,29,30)/b27-22+/t15?,17?,24-/m0/s1. The van der Waals surface area contributed by atoms with Crippen LogP contribution in [0.1, 0.15) is 65.1 Å². The summed E-state index contributed by atoms with van der Waals surface area (Å²) >= 11 is 0. The Morgan fingerprint density at radius 1 is 1.32 bits per heavy atom. The highest BCUT2D eigenvalue weighted by atomic mass is 19.1. The first-order valence-electron chi connectivity index (χ1n) is 10.6. The van der Waals surface area contributed by atoms with Gasteiger partial charge in [-0.15, -0.1) is 0 Å². The maximum Gasteiger partial charge on any atom is 0.340 e. The van der Waals surface area contributed by atoms with Crippen LogP contribution in [0, 0.1) is 11.8 Å². The minimum Gasteiger partial charge on any atom is -0.479 e. The summed E-state index contributed by atoms with van der Waals surface area (Å²) in [6, 6.07) is 2.47. The van der Waals surface area contributed by atoms with E-state index < -0.39 is 17.1 Å². The van der Waals surface area contributed by atoms with Crippen molar-refractivity contribution in [1.29, 1.82) is 0 Å². The van der Waals surface area contributed by atoms with Gasteiger partial charge >= 0.3 is 5.97 Å². The first-order valence-corrected chi connectivity index (χ1v) is 10.6. The molecule has 1 aromatic rings. The molecule has 6 nitrogen and oxygen atoms in total. The molecule has 1 aliphatic rings. The monoisotopic (exact) mass is 430 g/mol.